The molecule has 2 aromatic heterocycles. The number of carbonyl (C=O) groups excluding carboxylic acids is 1. The van der Waals surface area contributed by atoms with Gasteiger partial charge in [-0.15, -0.1) is 0 Å². The van der Waals surface area contributed by atoms with Gasteiger partial charge in [-0.05, 0) is 13.8 Å². The fourth-order valence-electron chi connectivity index (χ4n) is 1.32. The number of hydrogen-bond acceptors (Lipinski definition) is 7. The molecule has 0 bridgehead atoms. The Morgan fingerprint density at radius 3 is 2.95 bits per heavy atom. The molecule has 2 aromatic rings. The summed E-state index contributed by atoms with van der Waals surface area (Å²) in [5, 5.41) is 10.1. The third-order valence-corrected chi connectivity index (χ3v) is 2.20. The maximum atomic E-state index is 11.3. The largest absolute Gasteiger partial charge is 0.372 e. The summed E-state index contributed by atoms with van der Waals surface area (Å²) < 4.78 is 14.9. The first-order chi connectivity index (χ1) is 9.19. The quantitative estimate of drug-likeness (QED) is 0.820. The molecular formula is C11H14N4O4. The minimum absolute atomic E-state index is 0.0139. The average molecular weight is 266 g/mol. The molecule has 2 rings (SSSR count). The highest BCUT2D eigenvalue weighted by Crippen LogP contribution is 2.14. The number of hydrogen-bond donors (Lipinski definition) is 1. The van der Waals surface area contributed by atoms with Gasteiger partial charge in [-0.3, -0.25) is 4.79 Å². The van der Waals surface area contributed by atoms with Crippen molar-refractivity contribution < 1.29 is 18.6 Å². The Balaban J connectivity index is 1.89. The molecule has 1 amide bonds. The lowest BCUT2D eigenvalue weighted by Crippen LogP contribution is -2.27. The Morgan fingerprint density at radius 2 is 2.26 bits per heavy atom. The first-order valence-electron chi connectivity index (χ1n) is 5.79. The zero-order chi connectivity index (χ0) is 13.7. The highest BCUT2D eigenvalue weighted by atomic mass is 16.5. The first-order valence-corrected chi connectivity index (χ1v) is 5.79. The number of aryl methyl sites for hydroxylation is 1. The fraction of sp³-hybridized carbons (Fsp3) is 0.455. The van der Waals surface area contributed by atoms with Crippen molar-refractivity contribution in [2.45, 2.75) is 20.4 Å². The summed E-state index contributed by atoms with van der Waals surface area (Å²) in [4.78, 5) is 15.4. The molecule has 0 aliphatic heterocycles. The van der Waals surface area contributed by atoms with Crippen LogP contribution in [0, 0.1) is 6.92 Å². The summed E-state index contributed by atoms with van der Waals surface area (Å²) in [6.45, 7) is 4.24. The van der Waals surface area contributed by atoms with Gasteiger partial charge in [0.1, 0.15) is 12.4 Å². The molecule has 0 spiro atoms. The molecule has 102 valence electrons. The van der Waals surface area contributed by atoms with Crippen LogP contribution in [0.5, 0.6) is 0 Å². The van der Waals surface area contributed by atoms with Crippen molar-refractivity contribution in [2.24, 2.45) is 0 Å². The number of rotatable bonds is 6. The zero-order valence-electron chi connectivity index (χ0n) is 10.7. The minimum atomic E-state index is -0.237. The number of aromatic nitrogens is 3. The number of nitrogens with one attached hydrogen (secondary N) is 1. The van der Waals surface area contributed by atoms with E-state index >= 15 is 0 Å². The summed E-state index contributed by atoms with van der Waals surface area (Å²) in [6, 6.07) is 1.70. The van der Waals surface area contributed by atoms with Crippen molar-refractivity contribution in [1.29, 1.82) is 0 Å². The van der Waals surface area contributed by atoms with Gasteiger partial charge in [0, 0.05) is 12.7 Å². The fourth-order valence-corrected chi connectivity index (χ4v) is 1.32. The molecule has 1 N–H and O–H groups in total. The second-order valence-corrected chi connectivity index (χ2v) is 3.75. The van der Waals surface area contributed by atoms with Gasteiger partial charge in [-0.2, -0.15) is 4.98 Å². The van der Waals surface area contributed by atoms with Gasteiger partial charge < -0.3 is 19.1 Å². The van der Waals surface area contributed by atoms with Gasteiger partial charge in [-0.1, -0.05) is 10.3 Å². The van der Waals surface area contributed by atoms with Crippen LogP contribution in [0.25, 0.3) is 11.5 Å². The molecule has 0 unspecified atom stereocenters. The van der Waals surface area contributed by atoms with E-state index in [1.807, 2.05) is 6.92 Å². The molecule has 0 aliphatic rings. The second kappa shape index (κ2) is 6.10. The zero-order valence-corrected chi connectivity index (χ0v) is 10.7. The summed E-state index contributed by atoms with van der Waals surface area (Å²) in [7, 11) is 0. The van der Waals surface area contributed by atoms with Gasteiger partial charge >= 0.3 is 0 Å². The third kappa shape index (κ3) is 3.62. The number of carbonyl (C=O) groups is 1. The summed E-state index contributed by atoms with van der Waals surface area (Å²) in [6.07, 6.45) is 0. The molecule has 8 heteroatoms. The highest BCUT2D eigenvalue weighted by molar-refractivity contribution is 5.77. The monoisotopic (exact) mass is 266 g/mol. The van der Waals surface area contributed by atoms with Crippen LogP contribution >= 0.6 is 0 Å². The Hall–Kier alpha value is -2.22. The molecule has 0 aromatic carbocycles. The predicted octanol–water partition coefficient (Wildman–Crippen LogP) is 0.686. The van der Waals surface area contributed by atoms with E-state index in [9.17, 15) is 4.79 Å². The van der Waals surface area contributed by atoms with Crippen LogP contribution in [0.1, 0.15) is 18.6 Å². The SMILES string of the molecule is CCOCC(=O)NCc1nc(-c2cc(C)on2)no1. The highest BCUT2D eigenvalue weighted by Gasteiger charge is 2.12. The summed E-state index contributed by atoms with van der Waals surface area (Å²) >= 11 is 0. The van der Waals surface area contributed by atoms with Crippen molar-refractivity contribution in [3.8, 4) is 11.5 Å². The van der Waals surface area contributed by atoms with Crippen LogP contribution in [0.4, 0.5) is 0 Å². The lowest BCUT2D eigenvalue weighted by molar-refractivity contribution is -0.125. The Morgan fingerprint density at radius 1 is 1.42 bits per heavy atom. The lowest BCUT2D eigenvalue weighted by Gasteiger charge is -2.01. The molecule has 0 radical (unpaired) electrons. The van der Waals surface area contributed by atoms with E-state index in [0.717, 1.165) is 0 Å². The number of nitrogens with zero attached hydrogens (tertiary/aromatic N) is 3. The molecular weight excluding hydrogens is 252 g/mol. The van der Waals surface area contributed by atoms with Crippen molar-refractivity contribution >= 4 is 5.91 Å². The topological polar surface area (TPSA) is 103 Å². The molecule has 0 saturated carbocycles. The molecule has 0 fully saturated rings. The maximum Gasteiger partial charge on any atom is 0.246 e. The Bertz CT molecular complexity index is 548. The van der Waals surface area contributed by atoms with E-state index < -0.39 is 0 Å². The molecule has 0 saturated heterocycles. The van der Waals surface area contributed by atoms with Gasteiger partial charge in [0.15, 0.2) is 5.69 Å². The van der Waals surface area contributed by atoms with E-state index in [0.29, 0.717) is 29.8 Å². The van der Waals surface area contributed by atoms with E-state index in [2.05, 4.69) is 20.6 Å². The van der Waals surface area contributed by atoms with Crippen molar-refractivity contribution in [3.63, 3.8) is 0 Å². The van der Waals surface area contributed by atoms with Crippen LogP contribution < -0.4 is 5.32 Å². The molecule has 0 aliphatic carbocycles. The van der Waals surface area contributed by atoms with Gasteiger partial charge in [-0.25, -0.2) is 0 Å². The third-order valence-electron chi connectivity index (χ3n) is 2.20. The minimum Gasteiger partial charge on any atom is -0.372 e. The lowest BCUT2D eigenvalue weighted by atomic mass is 10.4. The Kier molecular flexibility index (Phi) is 4.24. The van der Waals surface area contributed by atoms with E-state index in [1.54, 1.807) is 13.0 Å². The van der Waals surface area contributed by atoms with Gasteiger partial charge in [0.05, 0.1) is 6.54 Å². The van der Waals surface area contributed by atoms with Crippen LogP contribution in [0.2, 0.25) is 0 Å². The number of amides is 1. The standard InChI is InChI=1S/C11H14N4O4/c1-3-17-6-9(16)12-5-10-13-11(15-19-10)8-4-7(2)18-14-8/h4H,3,5-6H2,1-2H3,(H,12,16). The average Bonchev–Trinajstić information content (AvgIpc) is 3.02. The second-order valence-electron chi connectivity index (χ2n) is 3.75. The first kappa shape index (κ1) is 13.2. The van der Waals surface area contributed by atoms with Crippen LogP contribution in [-0.4, -0.2) is 34.4 Å². The van der Waals surface area contributed by atoms with E-state index in [4.69, 9.17) is 13.8 Å². The maximum absolute atomic E-state index is 11.3. The van der Waals surface area contributed by atoms with Crippen LogP contribution in [0.15, 0.2) is 15.1 Å². The summed E-state index contributed by atoms with van der Waals surface area (Å²) in [5.41, 5.74) is 0.494. The van der Waals surface area contributed by atoms with E-state index in [-0.39, 0.29) is 19.1 Å². The molecule has 19 heavy (non-hydrogen) atoms. The van der Waals surface area contributed by atoms with Gasteiger partial charge in [0.2, 0.25) is 17.6 Å². The summed E-state index contributed by atoms with van der Waals surface area (Å²) in [5.74, 6) is 1.04. The normalized spacial score (nSPS) is 10.6. The van der Waals surface area contributed by atoms with E-state index in [1.165, 1.54) is 0 Å². The van der Waals surface area contributed by atoms with Crippen LogP contribution in [-0.2, 0) is 16.1 Å². The van der Waals surface area contributed by atoms with Gasteiger partial charge in [0.25, 0.3) is 0 Å². The number of ether oxygens (including phenoxy) is 1. The Labute approximate surface area is 109 Å². The smallest absolute Gasteiger partial charge is 0.246 e. The molecule has 8 nitrogen and oxygen atoms in total. The van der Waals surface area contributed by atoms with Crippen LogP contribution in [0.3, 0.4) is 0 Å². The van der Waals surface area contributed by atoms with Crippen molar-refractivity contribution in [3.05, 3.63) is 17.7 Å². The predicted molar refractivity (Wildman–Crippen MR) is 62.9 cm³/mol. The molecule has 0 atom stereocenters. The van der Waals surface area contributed by atoms with Crippen molar-refractivity contribution in [1.82, 2.24) is 20.6 Å². The van der Waals surface area contributed by atoms with Crippen molar-refractivity contribution in [2.75, 3.05) is 13.2 Å². The molecule has 2 heterocycles.